The fourth-order valence-corrected chi connectivity index (χ4v) is 4.12. The Morgan fingerprint density at radius 2 is 1.84 bits per heavy atom. The van der Waals surface area contributed by atoms with Crippen LogP contribution < -0.4 is 0 Å². The van der Waals surface area contributed by atoms with Crippen molar-refractivity contribution in [1.29, 1.82) is 0 Å². The van der Waals surface area contributed by atoms with Crippen LogP contribution in [0.15, 0.2) is 18.2 Å². The minimum atomic E-state index is -0.207. The number of rotatable bonds is 5. The summed E-state index contributed by atoms with van der Waals surface area (Å²) in [4.78, 5) is 13.0. The number of phenols is 3. The molecule has 4 nitrogen and oxygen atoms in total. The second-order valence-electron chi connectivity index (χ2n) is 7.32. The second kappa shape index (κ2) is 6.95. The molecule has 134 valence electrons. The second-order valence-corrected chi connectivity index (χ2v) is 7.32. The summed E-state index contributed by atoms with van der Waals surface area (Å²) in [6, 6.07) is 4.50. The zero-order valence-corrected chi connectivity index (χ0v) is 14.9. The molecular weight excluding hydrogens is 316 g/mol. The van der Waals surface area contributed by atoms with Gasteiger partial charge in [-0.25, -0.2) is 0 Å². The molecule has 2 aromatic rings. The first-order valence-electron chi connectivity index (χ1n) is 9.18. The molecule has 0 amide bonds. The minimum Gasteiger partial charge on any atom is -0.508 e. The molecule has 1 aliphatic carbocycles. The molecule has 0 bridgehead atoms. The van der Waals surface area contributed by atoms with Crippen molar-refractivity contribution in [3.63, 3.8) is 0 Å². The van der Waals surface area contributed by atoms with Crippen molar-refractivity contribution in [2.45, 2.75) is 52.4 Å². The molecule has 3 rings (SSSR count). The van der Waals surface area contributed by atoms with Crippen LogP contribution in [0, 0.1) is 11.8 Å². The smallest absolute Gasteiger partial charge is 0.170 e. The molecule has 0 saturated carbocycles. The largest absolute Gasteiger partial charge is 0.508 e. The van der Waals surface area contributed by atoms with Crippen molar-refractivity contribution in [2.24, 2.45) is 11.8 Å². The number of hydrogen-bond donors (Lipinski definition) is 3. The standard InChI is InChI=1S/C21H26O4/c1-3-4-5-6-7-16-12(2)8-13-9-14-10-15(22)11-17(23)18(14)21(25)19(13)20(16)24/h9-12,16,22-23,25H,3-8H2,1-2H3/t12-,16+/m1/s1. The van der Waals surface area contributed by atoms with Gasteiger partial charge < -0.3 is 15.3 Å². The van der Waals surface area contributed by atoms with E-state index in [-0.39, 0.29) is 40.3 Å². The van der Waals surface area contributed by atoms with Gasteiger partial charge in [-0.3, -0.25) is 4.79 Å². The number of phenolic OH excluding ortho intramolecular Hbond substituents is 3. The predicted molar refractivity (Wildman–Crippen MR) is 98.4 cm³/mol. The fraction of sp³-hybridized carbons (Fsp3) is 0.476. The van der Waals surface area contributed by atoms with Crippen LogP contribution in [0.3, 0.4) is 0 Å². The number of ketones is 1. The average Bonchev–Trinajstić information content (AvgIpc) is 2.52. The normalized spacial score (nSPS) is 20.0. The van der Waals surface area contributed by atoms with E-state index < -0.39 is 0 Å². The monoisotopic (exact) mass is 342 g/mol. The highest BCUT2D eigenvalue weighted by Crippen LogP contribution is 2.44. The lowest BCUT2D eigenvalue weighted by molar-refractivity contribution is 0.0845. The Hall–Kier alpha value is -2.23. The van der Waals surface area contributed by atoms with Crippen molar-refractivity contribution in [3.8, 4) is 17.2 Å². The molecule has 0 saturated heterocycles. The third-order valence-electron chi connectivity index (χ3n) is 5.44. The summed E-state index contributed by atoms with van der Waals surface area (Å²) in [5.41, 5.74) is 1.16. The first-order valence-corrected chi connectivity index (χ1v) is 9.18. The number of benzene rings is 2. The molecule has 0 spiro atoms. The fourth-order valence-electron chi connectivity index (χ4n) is 4.12. The van der Waals surface area contributed by atoms with E-state index in [2.05, 4.69) is 13.8 Å². The Morgan fingerprint density at radius 1 is 1.08 bits per heavy atom. The molecule has 0 heterocycles. The SMILES string of the molecule is CCCCCC[C@@H]1C(=O)c2c(cc3cc(O)cc(O)c3c2O)C[C@H]1C. The highest BCUT2D eigenvalue weighted by molar-refractivity contribution is 6.09. The Balaban J connectivity index is 2.00. The number of unbranched alkanes of at least 4 members (excludes halogenated alkanes) is 3. The third kappa shape index (κ3) is 3.17. The maximum absolute atomic E-state index is 13.0. The molecule has 3 N–H and O–H groups in total. The van der Waals surface area contributed by atoms with Crippen LogP contribution >= 0.6 is 0 Å². The van der Waals surface area contributed by atoms with Gasteiger partial charge in [0.2, 0.25) is 0 Å². The van der Waals surface area contributed by atoms with Gasteiger partial charge in [-0.2, -0.15) is 0 Å². The quantitative estimate of drug-likeness (QED) is 0.674. The zero-order valence-electron chi connectivity index (χ0n) is 14.9. The molecular formula is C21H26O4. The van der Waals surface area contributed by atoms with Crippen molar-refractivity contribution < 1.29 is 20.1 Å². The Bertz CT molecular complexity index is 809. The van der Waals surface area contributed by atoms with E-state index in [1.54, 1.807) is 0 Å². The lowest BCUT2D eigenvalue weighted by atomic mass is 9.72. The van der Waals surface area contributed by atoms with Crippen LogP contribution in [0.2, 0.25) is 0 Å². The van der Waals surface area contributed by atoms with E-state index in [0.717, 1.165) is 37.7 Å². The number of carbonyl (C=O) groups excluding carboxylic acids is 1. The van der Waals surface area contributed by atoms with Crippen LogP contribution in [0.5, 0.6) is 17.2 Å². The van der Waals surface area contributed by atoms with Crippen LogP contribution in [0.25, 0.3) is 10.8 Å². The van der Waals surface area contributed by atoms with Crippen LogP contribution in [0.4, 0.5) is 0 Å². The van der Waals surface area contributed by atoms with E-state index in [1.807, 2.05) is 6.07 Å². The third-order valence-corrected chi connectivity index (χ3v) is 5.44. The van der Waals surface area contributed by atoms with E-state index in [9.17, 15) is 20.1 Å². The molecule has 2 atom stereocenters. The maximum atomic E-state index is 13.0. The summed E-state index contributed by atoms with van der Waals surface area (Å²) >= 11 is 0. The van der Waals surface area contributed by atoms with Crippen LogP contribution in [0.1, 0.15) is 61.9 Å². The van der Waals surface area contributed by atoms with E-state index in [4.69, 9.17) is 0 Å². The number of carbonyl (C=O) groups is 1. The summed E-state index contributed by atoms with van der Waals surface area (Å²) in [6.07, 6.45) is 6.06. The van der Waals surface area contributed by atoms with Crippen LogP contribution in [-0.4, -0.2) is 21.1 Å². The molecule has 0 aromatic heterocycles. The molecule has 0 unspecified atom stereocenters. The van der Waals surface area contributed by atoms with Gasteiger partial charge in [0.15, 0.2) is 5.78 Å². The summed E-state index contributed by atoms with van der Waals surface area (Å²) in [5.74, 6) is -0.288. The van der Waals surface area contributed by atoms with Crippen molar-refractivity contribution in [2.75, 3.05) is 0 Å². The van der Waals surface area contributed by atoms with Gasteiger partial charge in [0, 0.05) is 12.0 Å². The molecule has 25 heavy (non-hydrogen) atoms. The highest BCUT2D eigenvalue weighted by Gasteiger charge is 2.35. The van der Waals surface area contributed by atoms with E-state index >= 15 is 0 Å². The highest BCUT2D eigenvalue weighted by atomic mass is 16.3. The summed E-state index contributed by atoms with van der Waals surface area (Å²) in [5, 5.41) is 31.3. The van der Waals surface area contributed by atoms with Crippen molar-refractivity contribution >= 4 is 16.6 Å². The van der Waals surface area contributed by atoms with Gasteiger partial charge in [0.1, 0.15) is 17.2 Å². The van der Waals surface area contributed by atoms with Crippen molar-refractivity contribution in [1.82, 2.24) is 0 Å². The minimum absolute atomic E-state index is 0.0166. The number of Topliss-reactive ketones (excluding diaryl/α,β-unsaturated/α-hetero) is 1. The van der Waals surface area contributed by atoms with Gasteiger partial charge in [0.25, 0.3) is 0 Å². The van der Waals surface area contributed by atoms with Crippen molar-refractivity contribution in [3.05, 3.63) is 29.3 Å². The maximum Gasteiger partial charge on any atom is 0.170 e. The summed E-state index contributed by atoms with van der Waals surface area (Å²) < 4.78 is 0. The molecule has 0 radical (unpaired) electrons. The first kappa shape index (κ1) is 17.6. The zero-order chi connectivity index (χ0) is 18.1. The summed E-state index contributed by atoms with van der Waals surface area (Å²) in [7, 11) is 0. The number of fused-ring (bicyclic) bond motifs is 2. The Labute approximate surface area is 148 Å². The van der Waals surface area contributed by atoms with Gasteiger partial charge in [-0.1, -0.05) is 39.5 Å². The number of hydrogen-bond acceptors (Lipinski definition) is 4. The topological polar surface area (TPSA) is 77.8 Å². The van der Waals surface area contributed by atoms with Gasteiger partial charge in [-0.15, -0.1) is 0 Å². The molecule has 4 heteroatoms. The molecule has 1 aliphatic rings. The Morgan fingerprint density at radius 3 is 2.56 bits per heavy atom. The average molecular weight is 342 g/mol. The van der Waals surface area contributed by atoms with E-state index in [1.165, 1.54) is 18.6 Å². The lowest BCUT2D eigenvalue weighted by Gasteiger charge is -2.30. The molecule has 0 fully saturated rings. The lowest BCUT2D eigenvalue weighted by Crippen LogP contribution is -2.30. The predicted octanol–water partition coefficient (Wildman–Crippen LogP) is 4.92. The molecule has 2 aromatic carbocycles. The van der Waals surface area contributed by atoms with Gasteiger partial charge >= 0.3 is 0 Å². The molecule has 0 aliphatic heterocycles. The van der Waals surface area contributed by atoms with Gasteiger partial charge in [0.05, 0.1) is 10.9 Å². The summed E-state index contributed by atoms with van der Waals surface area (Å²) in [6.45, 7) is 4.25. The van der Waals surface area contributed by atoms with E-state index in [0.29, 0.717) is 10.9 Å². The Kier molecular flexibility index (Phi) is 4.89. The van der Waals surface area contributed by atoms with Crippen LogP contribution in [-0.2, 0) is 6.42 Å². The van der Waals surface area contributed by atoms with Gasteiger partial charge in [-0.05, 0) is 41.8 Å². The number of aromatic hydroxyl groups is 3. The first-order chi connectivity index (χ1) is 11.9.